The Labute approximate surface area is 106 Å². The van der Waals surface area contributed by atoms with Gasteiger partial charge in [0.15, 0.2) is 5.17 Å². The molecule has 0 spiro atoms. The first kappa shape index (κ1) is 12.2. The van der Waals surface area contributed by atoms with Crippen molar-refractivity contribution in [3.05, 3.63) is 23.9 Å². The number of nitrogens with one attached hydrogen (secondary N) is 1. The van der Waals surface area contributed by atoms with Crippen molar-refractivity contribution < 1.29 is 4.74 Å². The maximum Gasteiger partial charge on any atom is 0.212 e. The van der Waals surface area contributed by atoms with Gasteiger partial charge in [-0.15, -0.1) is 0 Å². The molecule has 4 nitrogen and oxygen atoms in total. The molecule has 2 rings (SSSR count). The average Bonchev–Trinajstić information content (AvgIpc) is 2.85. The van der Waals surface area contributed by atoms with Crippen LogP contribution < -0.4 is 10.1 Å². The van der Waals surface area contributed by atoms with Crippen molar-refractivity contribution in [3.8, 4) is 5.88 Å². The van der Waals surface area contributed by atoms with E-state index in [9.17, 15) is 0 Å². The molecule has 1 atom stereocenters. The molecule has 1 aliphatic rings. The Morgan fingerprint density at radius 2 is 2.47 bits per heavy atom. The van der Waals surface area contributed by atoms with Crippen molar-refractivity contribution in [1.82, 2.24) is 10.3 Å². The molecule has 0 aromatic carbocycles. The largest absolute Gasteiger partial charge is 0.481 e. The lowest BCUT2D eigenvalue weighted by molar-refractivity contribution is 0.397. The highest BCUT2D eigenvalue weighted by Crippen LogP contribution is 2.16. The van der Waals surface area contributed by atoms with Gasteiger partial charge < -0.3 is 10.1 Å². The second-order valence-corrected chi connectivity index (χ2v) is 4.90. The summed E-state index contributed by atoms with van der Waals surface area (Å²) in [5.41, 5.74) is 1.10. The van der Waals surface area contributed by atoms with Gasteiger partial charge in [-0.2, -0.15) is 0 Å². The minimum absolute atomic E-state index is 0.577. The van der Waals surface area contributed by atoms with E-state index < -0.39 is 0 Å². The van der Waals surface area contributed by atoms with E-state index in [1.165, 1.54) is 0 Å². The molecule has 5 heteroatoms. The first-order valence-electron chi connectivity index (χ1n) is 5.74. The number of methoxy groups -OCH3 is 1. The smallest absolute Gasteiger partial charge is 0.212 e. The molecule has 17 heavy (non-hydrogen) atoms. The monoisotopic (exact) mass is 251 g/mol. The maximum absolute atomic E-state index is 5.01. The Bertz CT molecular complexity index is 391. The van der Waals surface area contributed by atoms with E-state index in [0.717, 1.165) is 22.9 Å². The van der Waals surface area contributed by atoms with E-state index in [0.29, 0.717) is 18.5 Å². The zero-order valence-corrected chi connectivity index (χ0v) is 11.0. The van der Waals surface area contributed by atoms with Crippen molar-refractivity contribution >= 4 is 16.9 Å². The number of nitrogens with zero attached hydrogens (tertiary/aromatic N) is 2. The molecule has 0 aliphatic carbocycles. The van der Waals surface area contributed by atoms with Crippen LogP contribution in [0.4, 0.5) is 0 Å². The number of thioether (sulfide) groups is 1. The van der Waals surface area contributed by atoms with Gasteiger partial charge in [-0.1, -0.05) is 24.8 Å². The molecular weight excluding hydrogens is 234 g/mol. The zero-order valence-electron chi connectivity index (χ0n) is 10.1. The summed E-state index contributed by atoms with van der Waals surface area (Å²) in [5, 5.41) is 4.45. The number of rotatable bonds is 4. The van der Waals surface area contributed by atoms with Gasteiger partial charge in [-0.3, -0.25) is 4.99 Å². The fourth-order valence-corrected chi connectivity index (χ4v) is 2.62. The lowest BCUT2D eigenvalue weighted by Crippen LogP contribution is -2.25. The topological polar surface area (TPSA) is 46.5 Å². The molecule has 0 saturated carbocycles. The number of amidine groups is 1. The third-order valence-electron chi connectivity index (χ3n) is 2.65. The van der Waals surface area contributed by atoms with E-state index in [-0.39, 0.29) is 0 Å². The van der Waals surface area contributed by atoms with E-state index in [2.05, 4.69) is 22.2 Å². The SMILES string of the molecule is CCC1CSC(=NCc2ccc(OC)nc2)N1. The van der Waals surface area contributed by atoms with Gasteiger partial charge in [0.2, 0.25) is 5.88 Å². The molecule has 0 bridgehead atoms. The van der Waals surface area contributed by atoms with Crippen LogP contribution in [0, 0.1) is 0 Å². The lowest BCUT2D eigenvalue weighted by atomic mass is 10.3. The van der Waals surface area contributed by atoms with Gasteiger partial charge in [0, 0.05) is 24.1 Å². The fourth-order valence-electron chi connectivity index (χ4n) is 1.54. The summed E-state index contributed by atoms with van der Waals surface area (Å²) in [6.07, 6.45) is 2.95. The minimum Gasteiger partial charge on any atom is -0.481 e. The quantitative estimate of drug-likeness (QED) is 0.890. The number of aromatic nitrogens is 1. The number of hydrogen-bond donors (Lipinski definition) is 1. The predicted octanol–water partition coefficient (Wildman–Crippen LogP) is 2.06. The van der Waals surface area contributed by atoms with E-state index in [1.807, 2.05) is 12.1 Å². The molecule has 92 valence electrons. The Hall–Kier alpha value is -1.23. The van der Waals surface area contributed by atoms with Gasteiger partial charge in [0.05, 0.1) is 13.7 Å². The first-order valence-corrected chi connectivity index (χ1v) is 6.73. The van der Waals surface area contributed by atoms with E-state index >= 15 is 0 Å². The van der Waals surface area contributed by atoms with Gasteiger partial charge in [0.1, 0.15) is 0 Å². The molecule has 2 heterocycles. The third kappa shape index (κ3) is 3.36. The Morgan fingerprint density at radius 1 is 1.59 bits per heavy atom. The molecule has 1 aromatic rings. The van der Waals surface area contributed by atoms with Crippen molar-refractivity contribution in [1.29, 1.82) is 0 Å². The summed E-state index contributed by atoms with van der Waals surface area (Å²) in [6.45, 7) is 2.86. The lowest BCUT2D eigenvalue weighted by Gasteiger charge is -2.04. The van der Waals surface area contributed by atoms with Crippen LogP contribution in [0.15, 0.2) is 23.3 Å². The number of pyridine rings is 1. The molecule has 1 aromatic heterocycles. The third-order valence-corrected chi connectivity index (χ3v) is 3.74. The predicted molar refractivity (Wildman–Crippen MR) is 71.6 cm³/mol. The second kappa shape index (κ2) is 5.91. The second-order valence-electron chi connectivity index (χ2n) is 3.89. The standard InChI is InChI=1S/C12H17N3OS/c1-3-10-8-17-12(15-10)14-7-9-4-5-11(16-2)13-6-9/h4-6,10H,3,7-8H2,1-2H3,(H,14,15). The number of aliphatic imine (C=N–C) groups is 1. The molecule has 1 fully saturated rings. The molecular formula is C12H17N3OS. The first-order chi connectivity index (χ1) is 8.31. The van der Waals surface area contributed by atoms with Crippen LogP contribution >= 0.6 is 11.8 Å². The Kier molecular flexibility index (Phi) is 4.25. The summed E-state index contributed by atoms with van der Waals surface area (Å²) in [4.78, 5) is 8.69. The van der Waals surface area contributed by atoms with Crippen molar-refractivity contribution in [3.63, 3.8) is 0 Å². The normalized spacial score (nSPS) is 21.5. The highest BCUT2D eigenvalue weighted by Gasteiger charge is 2.17. The van der Waals surface area contributed by atoms with Crippen LogP contribution in [0.25, 0.3) is 0 Å². The van der Waals surface area contributed by atoms with Crippen LogP contribution in [0.3, 0.4) is 0 Å². The van der Waals surface area contributed by atoms with Crippen LogP contribution in [-0.2, 0) is 6.54 Å². The van der Waals surface area contributed by atoms with Gasteiger partial charge in [-0.25, -0.2) is 4.98 Å². The van der Waals surface area contributed by atoms with E-state index in [1.54, 1.807) is 25.1 Å². The van der Waals surface area contributed by atoms with Crippen LogP contribution in [0.1, 0.15) is 18.9 Å². The Morgan fingerprint density at radius 3 is 3.06 bits per heavy atom. The van der Waals surface area contributed by atoms with Crippen molar-refractivity contribution in [2.75, 3.05) is 12.9 Å². The summed E-state index contributed by atoms with van der Waals surface area (Å²) in [7, 11) is 1.62. The molecule has 1 N–H and O–H groups in total. The van der Waals surface area contributed by atoms with Crippen molar-refractivity contribution in [2.45, 2.75) is 25.9 Å². The molecule has 0 amide bonds. The summed E-state index contributed by atoms with van der Waals surface area (Å²) in [6, 6.07) is 4.43. The molecule has 1 unspecified atom stereocenters. The highest BCUT2D eigenvalue weighted by molar-refractivity contribution is 8.14. The minimum atomic E-state index is 0.577. The fraction of sp³-hybridized carbons (Fsp3) is 0.500. The van der Waals surface area contributed by atoms with Crippen LogP contribution in [0.5, 0.6) is 5.88 Å². The maximum atomic E-state index is 5.01. The summed E-state index contributed by atoms with van der Waals surface area (Å²) >= 11 is 1.80. The average molecular weight is 251 g/mol. The summed E-state index contributed by atoms with van der Waals surface area (Å²) < 4.78 is 5.01. The number of ether oxygens (including phenoxy) is 1. The molecule has 1 aliphatic heterocycles. The van der Waals surface area contributed by atoms with Crippen molar-refractivity contribution in [2.24, 2.45) is 4.99 Å². The van der Waals surface area contributed by atoms with Gasteiger partial charge in [0.25, 0.3) is 0 Å². The zero-order chi connectivity index (χ0) is 12.1. The molecule has 1 saturated heterocycles. The van der Waals surface area contributed by atoms with Gasteiger partial charge in [-0.05, 0) is 12.0 Å². The van der Waals surface area contributed by atoms with E-state index in [4.69, 9.17) is 4.74 Å². The van der Waals surface area contributed by atoms with Crippen LogP contribution in [-0.4, -0.2) is 29.1 Å². The molecule has 0 radical (unpaired) electrons. The highest BCUT2D eigenvalue weighted by atomic mass is 32.2. The summed E-state index contributed by atoms with van der Waals surface area (Å²) in [5.74, 6) is 1.76. The van der Waals surface area contributed by atoms with Gasteiger partial charge >= 0.3 is 0 Å². The number of hydrogen-bond acceptors (Lipinski definition) is 4. The Balaban J connectivity index is 1.90. The van der Waals surface area contributed by atoms with Crippen LogP contribution in [0.2, 0.25) is 0 Å².